The molecular weight excluding hydrogens is 220 g/mol. The Bertz CT molecular complexity index is 350. The highest BCUT2D eigenvalue weighted by Gasteiger charge is 2.26. The van der Waals surface area contributed by atoms with Crippen LogP contribution in [-0.4, -0.2) is 20.1 Å². The quantitative estimate of drug-likeness (QED) is 0.853. The van der Waals surface area contributed by atoms with E-state index in [9.17, 15) is 0 Å². The first-order valence-electron chi connectivity index (χ1n) is 7.15. The fourth-order valence-corrected chi connectivity index (χ4v) is 3.19. The lowest BCUT2D eigenvalue weighted by Gasteiger charge is -2.34. The molecule has 1 aliphatic carbocycles. The minimum absolute atomic E-state index is 0.517. The first kappa shape index (κ1) is 13.6. The first-order valence-corrected chi connectivity index (χ1v) is 7.15. The lowest BCUT2D eigenvalue weighted by Crippen LogP contribution is -2.34. The Hall–Kier alpha value is -0.860. The minimum atomic E-state index is 0.517. The van der Waals surface area contributed by atoms with Gasteiger partial charge < -0.3 is 10.6 Å². The van der Waals surface area contributed by atoms with Crippen molar-refractivity contribution in [2.24, 2.45) is 5.92 Å². The summed E-state index contributed by atoms with van der Waals surface area (Å²) in [4.78, 5) is 0. The van der Waals surface area contributed by atoms with Crippen LogP contribution in [0.1, 0.15) is 42.9 Å². The van der Waals surface area contributed by atoms with Gasteiger partial charge in [-0.25, -0.2) is 0 Å². The SMILES string of the molecule is CNC1CCC(C(NC)c2ccc(C)cc2)CC1. The van der Waals surface area contributed by atoms with E-state index >= 15 is 0 Å². The molecular formula is C16H26N2. The molecule has 1 fully saturated rings. The smallest absolute Gasteiger partial charge is 0.0346 e. The van der Waals surface area contributed by atoms with Crippen molar-refractivity contribution in [1.29, 1.82) is 0 Å². The molecule has 100 valence electrons. The number of rotatable bonds is 4. The summed E-state index contributed by atoms with van der Waals surface area (Å²) < 4.78 is 0. The molecule has 0 aliphatic heterocycles. The van der Waals surface area contributed by atoms with E-state index in [4.69, 9.17) is 0 Å². The molecule has 0 amide bonds. The molecule has 18 heavy (non-hydrogen) atoms. The Labute approximate surface area is 111 Å². The van der Waals surface area contributed by atoms with Crippen LogP contribution in [-0.2, 0) is 0 Å². The van der Waals surface area contributed by atoms with Gasteiger partial charge in [-0.05, 0) is 58.2 Å². The van der Waals surface area contributed by atoms with Gasteiger partial charge in [0.05, 0.1) is 0 Å². The Balaban J connectivity index is 2.03. The number of hydrogen-bond donors (Lipinski definition) is 2. The van der Waals surface area contributed by atoms with Crippen LogP contribution in [0.2, 0.25) is 0 Å². The van der Waals surface area contributed by atoms with E-state index in [1.54, 1.807) is 0 Å². The van der Waals surface area contributed by atoms with Crippen molar-refractivity contribution in [2.45, 2.75) is 44.7 Å². The van der Waals surface area contributed by atoms with Crippen molar-refractivity contribution in [3.05, 3.63) is 35.4 Å². The molecule has 1 atom stereocenters. The van der Waals surface area contributed by atoms with Gasteiger partial charge in [0.1, 0.15) is 0 Å². The van der Waals surface area contributed by atoms with E-state index in [0.717, 1.165) is 12.0 Å². The average molecular weight is 246 g/mol. The van der Waals surface area contributed by atoms with Crippen molar-refractivity contribution in [1.82, 2.24) is 10.6 Å². The van der Waals surface area contributed by atoms with Gasteiger partial charge in [0.25, 0.3) is 0 Å². The molecule has 0 aromatic heterocycles. The van der Waals surface area contributed by atoms with Crippen molar-refractivity contribution in [3.8, 4) is 0 Å². The molecule has 1 saturated carbocycles. The molecule has 1 aromatic carbocycles. The van der Waals surface area contributed by atoms with Crippen LogP contribution < -0.4 is 10.6 Å². The summed E-state index contributed by atoms with van der Waals surface area (Å²) in [6, 6.07) is 10.2. The second-order valence-electron chi connectivity index (χ2n) is 5.58. The predicted molar refractivity (Wildman–Crippen MR) is 77.8 cm³/mol. The highest BCUT2D eigenvalue weighted by atomic mass is 14.9. The number of nitrogens with one attached hydrogen (secondary N) is 2. The van der Waals surface area contributed by atoms with E-state index in [1.807, 2.05) is 0 Å². The number of aryl methyl sites for hydroxylation is 1. The number of hydrogen-bond acceptors (Lipinski definition) is 2. The summed E-state index contributed by atoms with van der Waals surface area (Å²) in [6.07, 6.45) is 5.27. The highest BCUT2D eigenvalue weighted by molar-refractivity contribution is 5.24. The Kier molecular flexibility index (Phi) is 4.79. The number of benzene rings is 1. The van der Waals surface area contributed by atoms with Crippen molar-refractivity contribution in [2.75, 3.05) is 14.1 Å². The third kappa shape index (κ3) is 3.12. The third-order valence-corrected chi connectivity index (χ3v) is 4.40. The third-order valence-electron chi connectivity index (χ3n) is 4.40. The average Bonchev–Trinajstić information content (AvgIpc) is 2.42. The maximum atomic E-state index is 3.52. The van der Waals surface area contributed by atoms with Crippen LogP contribution in [0.15, 0.2) is 24.3 Å². The van der Waals surface area contributed by atoms with Crippen molar-refractivity contribution in [3.63, 3.8) is 0 Å². The zero-order valence-corrected chi connectivity index (χ0v) is 11.9. The predicted octanol–water partition coefficient (Wildman–Crippen LogP) is 3.03. The van der Waals surface area contributed by atoms with Crippen LogP contribution in [0, 0.1) is 12.8 Å². The van der Waals surface area contributed by atoms with Gasteiger partial charge in [-0.2, -0.15) is 0 Å². The molecule has 0 spiro atoms. The lowest BCUT2D eigenvalue weighted by atomic mass is 9.79. The standard InChI is InChI=1S/C16H26N2/c1-12-4-6-13(7-5-12)16(18-3)14-8-10-15(17-2)11-9-14/h4-7,14-18H,8-11H2,1-3H3. The van der Waals surface area contributed by atoms with Gasteiger partial charge in [0.2, 0.25) is 0 Å². The zero-order chi connectivity index (χ0) is 13.0. The summed E-state index contributed by atoms with van der Waals surface area (Å²) in [7, 11) is 4.18. The lowest BCUT2D eigenvalue weighted by molar-refractivity contribution is 0.248. The Morgan fingerprint density at radius 3 is 2.11 bits per heavy atom. The van der Waals surface area contributed by atoms with E-state index in [-0.39, 0.29) is 0 Å². The molecule has 1 unspecified atom stereocenters. The molecule has 1 aliphatic rings. The topological polar surface area (TPSA) is 24.1 Å². The zero-order valence-electron chi connectivity index (χ0n) is 11.9. The van der Waals surface area contributed by atoms with Crippen molar-refractivity contribution >= 4 is 0 Å². The second-order valence-corrected chi connectivity index (χ2v) is 5.58. The summed E-state index contributed by atoms with van der Waals surface area (Å²) in [6.45, 7) is 2.15. The molecule has 1 aromatic rings. The maximum Gasteiger partial charge on any atom is 0.0346 e. The molecule has 2 N–H and O–H groups in total. The molecule has 2 rings (SSSR count). The Morgan fingerprint density at radius 2 is 1.61 bits per heavy atom. The van der Waals surface area contributed by atoms with Crippen LogP contribution in [0.4, 0.5) is 0 Å². The molecule has 2 heteroatoms. The van der Waals surface area contributed by atoms with Gasteiger partial charge in [-0.3, -0.25) is 0 Å². The van der Waals surface area contributed by atoms with Gasteiger partial charge in [0.15, 0.2) is 0 Å². The van der Waals surface area contributed by atoms with Gasteiger partial charge in [-0.15, -0.1) is 0 Å². The molecule has 0 radical (unpaired) electrons. The monoisotopic (exact) mass is 246 g/mol. The highest BCUT2D eigenvalue weighted by Crippen LogP contribution is 2.34. The molecule has 0 heterocycles. The summed E-state index contributed by atoms with van der Waals surface area (Å²) in [5, 5.41) is 6.93. The second kappa shape index (κ2) is 6.35. The van der Waals surface area contributed by atoms with Crippen molar-refractivity contribution < 1.29 is 0 Å². The molecule has 2 nitrogen and oxygen atoms in total. The normalized spacial score (nSPS) is 25.9. The first-order chi connectivity index (χ1) is 8.74. The summed E-state index contributed by atoms with van der Waals surface area (Å²) >= 11 is 0. The van der Waals surface area contributed by atoms with E-state index < -0.39 is 0 Å². The van der Waals surface area contributed by atoms with Crippen LogP contribution in [0.25, 0.3) is 0 Å². The fourth-order valence-electron chi connectivity index (χ4n) is 3.19. The van der Waals surface area contributed by atoms with E-state index in [1.165, 1.54) is 36.8 Å². The van der Waals surface area contributed by atoms with Gasteiger partial charge in [-0.1, -0.05) is 29.8 Å². The fraction of sp³-hybridized carbons (Fsp3) is 0.625. The Morgan fingerprint density at radius 1 is 1.00 bits per heavy atom. The maximum absolute atomic E-state index is 3.52. The van der Waals surface area contributed by atoms with Gasteiger partial charge >= 0.3 is 0 Å². The van der Waals surface area contributed by atoms with Gasteiger partial charge in [0, 0.05) is 12.1 Å². The van der Waals surface area contributed by atoms with Crippen LogP contribution in [0.3, 0.4) is 0 Å². The summed E-state index contributed by atoms with van der Waals surface area (Å²) in [5.41, 5.74) is 2.78. The molecule has 0 bridgehead atoms. The molecule has 0 saturated heterocycles. The van der Waals surface area contributed by atoms with Crippen LogP contribution in [0.5, 0.6) is 0 Å². The summed E-state index contributed by atoms with van der Waals surface area (Å²) in [5.74, 6) is 0.780. The van der Waals surface area contributed by atoms with Crippen LogP contribution >= 0.6 is 0 Å². The minimum Gasteiger partial charge on any atom is -0.317 e. The largest absolute Gasteiger partial charge is 0.317 e. The van der Waals surface area contributed by atoms with E-state index in [0.29, 0.717) is 6.04 Å². The van der Waals surface area contributed by atoms with E-state index in [2.05, 4.69) is 55.9 Å².